The van der Waals surface area contributed by atoms with Crippen molar-refractivity contribution >= 4 is 17.2 Å². The quantitative estimate of drug-likeness (QED) is 0.760. The molecule has 22 heavy (non-hydrogen) atoms. The largest absolute Gasteiger partial charge is 0.347 e. The summed E-state index contributed by atoms with van der Waals surface area (Å²) in [7, 11) is 0. The van der Waals surface area contributed by atoms with Crippen LogP contribution in [-0.2, 0) is 17.8 Å². The molecule has 6 heteroatoms. The number of hydrogen-bond acceptors (Lipinski definition) is 4. The van der Waals surface area contributed by atoms with E-state index in [4.69, 9.17) is 0 Å². The molecule has 112 valence electrons. The number of carbonyl (C=O) groups is 1. The Kier molecular flexibility index (Phi) is 4.60. The van der Waals surface area contributed by atoms with Gasteiger partial charge in [0.05, 0.1) is 31.4 Å². The van der Waals surface area contributed by atoms with Crippen molar-refractivity contribution in [1.29, 1.82) is 0 Å². The van der Waals surface area contributed by atoms with Crippen LogP contribution in [0.4, 0.5) is 0 Å². The lowest BCUT2D eigenvalue weighted by Crippen LogP contribution is -2.32. The van der Waals surface area contributed by atoms with Gasteiger partial charge < -0.3 is 5.32 Å². The minimum atomic E-state index is -0.152. The first-order valence-electron chi connectivity index (χ1n) is 7.02. The molecule has 0 aliphatic rings. The smallest absolute Gasteiger partial charge is 0.225 e. The van der Waals surface area contributed by atoms with Crippen molar-refractivity contribution in [3.05, 3.63) is 70.7 Å². The van der Waals surface area contributed by atoms with Crippen molar-refractivity contribution in [3.63, 3.8) is 0 Å². The Labute approximate surface area is 132 Å². The van der Waals surface area contributed by atoms with Crippen molar-refractivity contribution in [2.45, 2.75) is 19.0 Å². The molecule has 3 aromatic rings. The van der Waals surface area contributed by atoms with Crippen molar-refractivity contribution in [2.75, 3.05) is 0 Å². The van der Waals surface area contributed by atoms with Crippen LogP contribution in [0.3, 0.4) is 0 Å². The van der Waals surface area contributed by atoms with E-state index in [2.05, 4.69) is 15.5 Å². The van der Waals surface area contributed by atoms with Gasteiger partial charge in [-0.05, 0) is 17.0 Å². The number of nitrogens with one attached hydrogen (secondary N) is 1. The molecule has 1 amide bonds. The molecule has 0 saturated heterocycles. The van der Waals surface area contributed by atoms with Crippen LogP contribution in [0, 0.1) is 0 Å². The third kappa shape index (κ3) is 3.79. The molecule has 0 aliphatic carbocycles. The van der Waals surface area contributed by atoms with Crippen molar-refractivity contribution < 1.29 is 4.79 Å². The van der Waals surface area contributed by atoms with E-state index in [1.54, 1.807) is 28.5 Å². The zero-order chi connectivity index (χ0) is 15.2. The number of carbonyl (C=O) groups excluding carboxylic acids is 1. The van der Waals surface area contributed by atoms with Crippen LogP contribution in [0.25, 0.3) is 0 Å². The lowest BCUT2D eigenvalue weighted by molar-refractivity contribution is -0.121. The first-order chi connectivity index (χ1) is 10.8. The van der Waals surface area contributed by atoms with Crippen LogP contribution < -0.4 is 5.32 Å². The van der Waals surface area contributed by atoms with Gasteiger partial charge in [-0.15, -0.1) is 11.3 Å². The molecule has 0 bridgehead atoms. The molecular formula is C16H16N4OS. The molecule has 0 fully saturated rings. The minimum absolute atomic E-state index is 0.00320. The van der Waals surface area contributed by atoms with E-state index >= 15 is 0 Å². The topological polar surface area (TPSA) is 59.8 Å². The van der Waals surface area contributed by atoms with Gasteiger partial charge >= 0.3 is 0 Å². The average Bonchev–Trinajstić information content (AvgIpc) is 3.21. The summed E-state index contributed by atoms with van der Waals surface area (Å²) in [4.78, 5) is 14.9. The third-order valence-electron chi connectivity index (χ3n) is 3.26. The highest BCUT2D eigenvalue weighted by molar-refractivity contribution is 7.10. The first-order valence-corrected chi connectivity index (χ1v) is 7.90. The van der Waals surface area contributed by atoms with Crippen molar-refractivity contribution in [1.82, 2.24) is 20.3 Å². The normalized spacial score (nSPS) is 12.0. The van der Waals surface area contributed by atoms with Crippen LogP contribution in [-0.4, -0.2) is 20.9 Å². The summed E-state index contributed by atoms with van der Waals surface area (Å²) in [6, 6.07) is 13.7. The maximum Gasteiger partial charge on any atom is 0.225 e. The molecular weight excluding hydrogens is 296 g/mol. The number of rotatable bonds is 6. The second-order valence-electron chi connectivity index (χ2n) is 4.87. The number of nitrogens with zero attached hydrogens (tertiary/aromatic N) is 3. The Hall–Kier alpha value is -2.47. The summed E-state index contributed by atoms with van der Waals surface area (Å²) in [5.74, 6) is 0.00320. The average molecular weight is 312 g/mol. The van der Waals surface area contributed by atoms with Crippen LogP contribution in [0.5, 0.6) is 0 Å². The van der Waals surface area contributed by atoms with Gasteiger partial charge in [-0.25, -0.2) is 0 Å². The van der Waals surface area contributed by atoms with Gasteiger partial charge in [-0.1, -0.05) is 36.4 Å². The van der Waals surface area contributed by atoms with E-state index in [1.807, 2.05) is 47.8 Å². The molecule has 0 saturated carbocycles. The molecule has 3 rings (SSSR count). The SMILES string of the molecule is O=C(Cc1cccs1)N[C@H](Cn1nccn1)c1ccccc1. The molecule has 1 aromatic carbocycles. The Bertz CT molecular complexity index is 695. The fourth-order valence-electron chi connectivity index (χ4n) is 2.24. The predicted octanol–water partition coefficient (Wildman–Crippen LogP) is 2.44. The highest BCUT2D eigenvalue weighted by atomic mass is 32.1. The van der Waals surface area contributed by atoms with E-state index in [9.17, 15) is 4.79 Å². The van der Waals surface area contributed by atoms with E-state index in [-0.39, 0.29) is 11.9 Å². The number of amides is 1. The van der Waals surface area contributed by atoms with Gasteiger partial charge in [0.25, 0.3) is 0 Å². The highest BCUT2D eigenvalue weighted by Crippen LogP contribution is 2.15. The number of aromatic nitrogens is 3. The molecule has 0 spiro atoms. The number of thiophene rings is 1. The summed E-state index contributed by atoms with van der Waals surface area (Å²) in [6.45, 7) is 0.507. The summed E-state index contributed by atoms with van der Waals surface area (Å²) < 4.78 is 0. The van der Waals surface area contributed by atoms with Gasteiger partial charge in [-0.3, -0.25) is 4.79 Å². The molecule has 0 unspecified atom stereocenters. The Morgan fingerprint density at radius 2 is 1.91 bits per heavy atom. The van der Waals surface area contributed by atoms with Crippen LogP contribution in [0.1, 0.15) is 16.5 Å². The zero-order valence-electron chi connectivity index (χ0n) is 11.9. The predicted molar refractivity (Wildman–Crippen MR) is 85.4 cm³/mol. The summed E-state index contributed by atoms with van der Waals surface area (Å²) >= 11 is 1.59. The molecule has 2 aromatic heterocycles. The maximum absolute atomic E-state index is 12.3. The summed E-state index contributed by atoms with van der Waals surface area (Å²) in [5.41, 5.74) is 1.04. The van der Waals surface area contributed by atoms with Gasteiger partial charge in [0, 0.05) is 4.88 Å². The zero-order valence-corrected chi connectivity index (χ0v) is 12.7. The first kappa shape index (κ1) is 14.5. The molecule has 2 heterocycles. The lowest BCUT2D eigenvalue weighted by atomic mass is 10.1. The Morgan fingerprint density at radius 1 is 1.14 bits per heavy atom. The monoisotopic (exact) mass is 312 g/mol. The fraction of sp³-hybridized carbons (Fsp3) is 0.188. The van der Waals surface area contributed by atoms with E-state index in [0.29, 0.717) is 13.0 Å². The minimum Gasteiger partial charge on any atom is -0.347 e. The van der Waals surface area contributed by atoms with Gasteiger partial charge in [0.15, 0.2) is 0 Å². The second-order valence-corrected chi connectivity index (χ2v) is 5.90. The molecule has 1 N–H and O–H groups in total. The van der Waals surface area contributed by atoms with Crippen LogP contribution in [0.15, 0.2) is 60.2 Å². The number of benzene rings is 1. The molecule has 0 aliphatic heterocycles. The van der Waals surface area contributed by atoms with Crippen molar-refractivity contribution in [2.24, 2.45) is 0 Å². The van der Waals surface area contributed by atoms with Crippen LogP contribution >= 0.6 is 11.3 Å². The van der Waals surface area contributed by atoms with Crippen molar-refractivity contribution in [3.8, 4) is 0 Å². The molecule has 5 nitrogen and oxygen atoms in total. The van der Waals surface area contributed by atoms with Gasteiger partial charge in [0.1, 0.15) is 0 Å². The summed E-state index contributed by atoms with van der Waals surface area (Å²) in [5, 5.41) is 13.3. The second kappa shape index (κ2) is 7.00. The Morgan fingerprint density at radius 3 is 2.59 bits per heavy atom. The number of hydrogen-bond donors (Lipinski definition) is 1. The highest BCUT2D eigenvalue weighted by Gasteiger charge is 2.16. The van der Waals surface area contributed by atoms with E-state index < -0.39 is 0 Å². The molecule has 0 radical (unpaired) electrons. The maximum atomic E-state index is 12.3. The van der Waals surface area contributed by atoms with E-state index in [1.165, 1.54) is 0 Å². The summed E-state index contributed by atoms with van der Waals surface area (Å²) in [6.07, 6.45) is 3.67. The molecule has 1 atom stereocenters. The standard InChI is InChI=1S/C16H16N4OS/c21-16(11-14-7-4-10-22-14)19-15(12-20-17-8-9-18-20)13-5-2-1-3-6-13/h1-10,15H,11-12H2,(H,19,21)/t15-/m1/s1. The van der Waals surface area contributed by atoms with Crippen LogP contribution in [0.2, 0.25) is 0 Å². The van der Waals surface area contributed by atoms with Gasteiger partial charge in [-0.2, -0.15) is 15.0 Å². The van der Waals surface area contributed by atoms with E-state index in [0.717, 1.165) is 10.4 Å². The third-order valence-corrected chi connectivity index (χ3v) is 4.14. The fourth-order valence-corrected chi connectivity index (χ4v) is 2.94. The lowest BCUT2D eigenvalue weighted by Gasteiger charge is -2.18. The van der Waals surface area contributed by atoms with Gasteiger partial charge in [0.2, 0.25) is 5.91 Å². The Balaban J connectivity index is 1.72.